The molecule has 0 aromatic carbocycles. The minimum Gasteiger partial charge on any atom is -0.457 e. The lowest BCUT2D eigenvalue weighted by molar-refractivity contribution is -0.153. The zero-order chi connectivity index (χ0) is 37.2. The van der Waals surface area contributed by atoms with E-state index in [1.807, 2.05) is 59.1 Å². The predicted octanol–water partition coefficient (Wildman–Crippen LogP) is 10.5. The normalized spacial score (nSPS) is 26.7. The molecule has 1 aliphatic rings. The van der Waals surface area contributed by atoms with Crippen molar-refractivity contribution in [3.05, 3.63) is 33.3 Å². The Morgan fingerprint density at radius 2 is 1.51 bits per heavy atom. The van der Waals surface area contributed by atoms with E-state index in [1.165, 1.54) is 0 Å². The summed E-state index contributed by atoms with van der Waals surface area (Å²) in [6.45, 7) is 26.9. The summed E-state index contributed by atoms with van der Waals surface area (Å²) in [4.78, 5) is 46.9. The molecule has 0 fully saturated rings. The topological polar surface area (TPSA) is 91.8 Å². The maximum atomic E-state index is 14.9. The van der Waals surface area contributed by atoms with E-state index in [-0.39, 0.29) is 30.0 Å². The number of ether oxygens (including phenoxy) is 1. The molecule has 1 aromatic rings. The van der Waals surface area contributed by atoms with E-state index in [0.717, 1.165) is 52.5 Å². The number of rotatable bonds is 12. The van der Waals surface area contributed by atoms with Crippen LogP contribution in [0.1, 0.15) is 119 Å². The molecule has 0 radical (unpaired) electrons. The fraction of sp³-hybridized carbons (Fsp3) is 0.744. The quantitative estimate of drug-likeness (QED) is 0.156. The van der Waals surface area contributed by atoms with Crippen molar-refractivity contribution < 1.29 is 28.0 Å². The van der Waals surface area contributed by atoms with Crippen molar-refractivity contribution in [1.82, 2.24) is 4.98 Å². The van der Waals surface area contributed by atoms with Gasteiger partial charge < -0.3 is 13.6 Å². The molecule has 0 unspecified atom stereocenters. The summed E-state index contributed by atoms with van der Waals surface area (Å²) in [6.07, 6.45) is 3.65. The van der Waals surface area contributed by atoms with E-state index < -0.39 is 46.1 Å². The summed E-state index contributed by atoms with van der Waals surface area (Å²) in [5.41, 5.74) is 1.35. The molecule has 278 valence electrons. The molecule has 0 N–H and O–H groups in total. The Labute approximate surface area is 304 Å². The van der Waals surface area contributed by atoms with Crippen LogP contribution in [-0.4, -0.2) is 57.5 Å². The first-order chi connectivity index (χ1) is 23.0. The second kappa shape index (κ2) is 19.2. The molecule has 49 heavy (non-hydrogen) atoms. The van der Waals surface area contributed by atoms with Crippen LogP contribution in [0.4, 0.5) is 0 Å². The second-order valence-corrected chi connectivity index (χ2v) is 25.5. The molecule has 0 saturated heterocycles. The van der Waals surface area contributed by atoms with E-state index >= 15 is 0 Å². The Balaban J connectivity index is 2.71. The van der Waals surface area contributed by atoms with Gasteiger partial charge in [-0.15, -0.1) is 11.3 Å². The highest BCUT2D eigenvalue weighted by atomic mass is 32.1. The van der Waals surface area contributed by atoms with E-state index in [1.54, 1.807) is 11.3 Å². The van der Waals surface area contributed by atoms with Crippen LogP contribution in [-0.2, 0) is 28.0 Å². The van der Waals surface area contributed by atoms with Crippen LogP contribution in [0.2, 0.25) is 36.3 Å². The van der Waals surface area contributed by atoms with Crippen molar-refractivity contribution in [3.8, 4) is 0 Å². The van der Waals surface area contributed by atoms with Crippen molar-refractivity contribution in [2.24, 2.45) is 17.3 Å². The molecule has 0 spiro atoms. The standard InChI is InChI=1S/C39H67NO6SSi2/c1-14-48(15-2,16-3)45-35-25-36(42)44-34(29(9)24-32-26-47-31(11)40-32)23-21-27(7)33(41)22-20-28(8)37(30(10)38(43)39(35,12)13)46-49(17-4,18-5)19-6/h21,24,26,28,30,34-35,37H,14-20,22-23,25H2,1-13H3/b27-21-,29-24+/t28-,30+,34-,35-,37-/m0/s1. The van der Waals surface area contributed by atoms with Crippen LogP contribution in [0.15, 0.2) is 22.6 Å². The lowest BCUT2D eigenvalue weighted by Crippen LogP contribution is -2.53. The van der Waals surface area contributed by atoms with Crippen LogP contribution >= 0.6 is 11.3 Å². The Morgan fingerprint density at radius 3 is 2.02 bits per heavy atom. The smallest absolute Gasteiger partial charge is 0.309 e. The van der Waals surface area contributed by atoms with Gasteiger partial charge in [-0.05, 0) is 86.6 Å². The summed E-state index contributed by atoms with van der Waals surface area (Å²) >= 11 is 1.57. The number of cyclic esters (lactones) is 1. The molecule has 0 saturated carbocycles. The molecule has 10 heteroatoms. The number of carbonyl (C=O) groups excluding carboxylic acids is 3. The SMILES string of the molecule is CC[Si](CC)(CC)O[C@H]1[C@@H](C)CCC(=O)/C(C)=C\C[C@@H](/C(C)=C/c2csc(C)n2)OC(=O)C[C@H](O[Si](CC)(CC)CC)C(C)(C)C(=O)[C@@H]1C. The number of Topliss-reactive ketones (excluding diaryl/α,β-unsaturated/α-hetero) is 2. The third kappa shape index (κ3) is 11.4. The second-order valence-electron chi connectivity index (χ2n) is 15.0. The average Bonchev–Trinajstić information content (AvgIpc) is 3.50. The van der Waals surface area contributed by atoms with Crippen LogP contribution in [0.25, 0.3) is 6.08 Å². The van der Waals surface area contributed by atoms with Gasteiger partial charge in [0.05, 0.1) is 29.3 Å². The lowest BCUT2D eigenvalue weighted by atomic mass is 9.73. The summed E-state index contributed by atoms with van der Waals surface area (Å²) in [6, 6.07) is 5.63. The molecule has 2 rings (SSSR count). The van der Waals surface area contributed by atoms with Gasteiger partial charge in [0.25, 0.3) is 0 Å². The molecule has 0 aliphatic carbocycles. The highest BCUT2D eigenvalue weighted by molar-refractivity contribution is 7.09. The van der Waals surface area contributed by atoms with Gasteiger partial charge in [-0.25, -0.2) is 4.98 Å². The summed E-state index contributed by atoms with van der Waals surface area (Å²) in [5, 5.41) is 2.94. The largest absolute Gasteiger partial charge is 0.457 e. The predicted molar refractivity (Wildman–Crippen MR) is 209 cm³/mol. The molecule has 7 nitrogen and oxygen atoms in total. The highest BCUT2D eigenvalue weighted by Crippen LogP contribution is 2.39. The van der Waals surface area contributed by atoms with Crippen LogP contribution in [0.5, 0.6) is 0 Å². The molecule has 1 aliphatic heterocycles. The zero-order valence-electron chi connectivity index (χ0n) is 33.0. The molecule has 2 heterocycles. The number of thiazole rings is 1. The van der Waals surface area contributed by atoms with Crippen molar-refractivity contribution in [3.63, 3.8) is 0 Å². The van der Waals surface area contributed by atoms with Crippen LogP contribution in [0.3, 0.4) is 0 Å². The number of esters is 1. The minimum absolute atomic E-state index is 0.00449. The fourth-order valence-corrected chi connectivity index (χ4v) is 13.8. The van der Waals surface area contributed by atoms with Gasteiger partial charge in [-0.1, -0.05) is 75.3 Å². The van der Waals surface area contributed by atoms with E-state index in [9.17, 15) is 14.4 Å². The van der Waals surface area contributed by atoms with Gasteiger partial charge in [0.1, 0.15) is 11.9 Å². The summed E-state index contributed by atoms with van der Waals surface area (Å²) < 4.78 is 20.5. The molecule has 0 bridgehead atoms. The van der Waals surface area contributed by atoms with Gasteiger partial charge in [-0.3, -0.25) is 14.4 Å². The third-order valence-corrected chi connectivity index (χ3v) is 21.7. The summed E-state index contributed by atoms with van der Waals surface area (Å²) in [7, 11) is -4.34. The van der Waals surface area contributed by atoms with Crippen molar-refractivity contribution in [2.45, 2.75) is 170 Å². The molecule has 1 aromatic heterocycles. The van der Waals surface area contributed by atoms with Gasteiger partial charge in [0.2, 0.25) is 0 Å². The molecule has 5 atom stereocenters. The van der Waals surface area contributed by atoms with Crippen molar-refractivity contribution >= 4 is 51.6 Å². The average molecular weight is 734 g/mol. The molecule has 0 amide bonds. The maximum Gasteiger partial charge on any atom is 0.309 e. The Hall–Kier alpha value is -1.73. The Bertz CT molecular complexity index is 1300. The van der Waals surface area contributed by atoms with Crippen LogP contribution in [0, 0.1) is 24.2 Å². The first-order valence-corrected chi connectivity index (χ1v) is 24.8. The van der Waals surface area contributed by atoms with Gasteiger partial charge in [-0.2, -0.15) is 0 Å². The van der Waals surface area contributed by atoms with Crippen LogP contribution < -0.4 is 0 Å². The van der Waals surface area contributed by atoms with E-state index in [0.29, 0.717) is 24.8 Å². The fourth-order valence-electron chi connectivity index (χ4n) is 7.22. The molecular formula is C39H67NO6SSi2. The number of hydrogen-bond acceptors (Lipinski definition) is 8. The Morgan fingerprint density at radius 1 is 0.959 bits per heavy atom. The number of carbonyl (C=O) groups is 3. The van der Waals surface area contributed by atoms with E-state index in [4.69, 9.17) is 13.6 Å². The number of ketones is 2. The minimum atomic E-state index is -2.24. The Kier molecular flexibility index (Phi) is 17.0. The highest BCUT2D eigenvalue weighted by Gasteiger charge is 2.48. The van der Waals surface area contributed by atoms with Gasteiger partial charge >= 0.3 is 5.97 Å². The first-order valence-electron chi connectivity index (χ1n) is 18.9. The zero-order valence-corrected chi connectivity index (χ0v) is 35.8. The van der Waals surface area contributed by atoms with Gasteiger partial charge in [0, 0.05) is 29.6 Å². The first kappa shape index (κ1) is 43.4. The number of aryl methyl sites for hydroxylation is 1. The monoisotopic (exact) mass is 733 g/mol. The maximum absolute atomic E-state index is 14.9. The number of nitrogens with zero attached hydrogens (tertiary/aromatic N) is 1. The third-order valence-electron chi connectivity index (χ3n) is 11.6. The van der Waals surface area contributed by atoms with Crippen molar-refractivity contribution in [1.29, 1.82) is 0 Å². The van der Waals surface area contributed by atoms with Crippen molar-refractivity contribution in [2.75, 3.05) is 0 Å². The number of allylic oxidation sites excluding steroid dienone is 1. The number of aromatic nitrogens is 1. The molecular weight excluding hydrogens is 667 g/mol. The van der Waals surface area contributed by atoms with Gasteiger partial charge in [0.15, 0.2) is 22.4 Å². The summed E-state index contributed by atoms with van der Waals surface area (Å²) in [5.74, 6) is -0.742. The lowest BCUT2D eigenvalue weighted by Gasteiger charge is -2.44. The number of hydrogen-bond donors (Lipinski definition) is 0. The van der Waals surface area contributed by atoms with E-state index in [2.05, 4.69) is 53.5 Å².